The fraction of sp³-hybridized carbons (Fsp3) is 0.389. The highest BCUT2D eigenvalue weighted by molar-refractivity contribution is 6.06. The fourth-order valence-electron chi connectivity index (χ4n) is 3.34. The number of hydrogen-bond donors (Lipinski definition) is 3. The van der Waals surface area contributed by atoms with Crippen LogP contribution in [0.5, 0.6) is 0 Å². The summed E-state index contributed by atoms with van der Waals surface area (Å²) >= 11 is 0. The van der Waals surface area contributed by atoms with Gasteiger partial charge in [-0.2, -0.15) is 0 Å². The minimum absolute atomic E-state index is 0.127. The maximum atomic E-state index is 12.7. The molecule has 0 spiro atoms. The van der Waals surface area contributed by atoms with E-state index < -0.39 is 17.9 Å². The smallest absolute Gasteiger partial charge is 0.255 e. The zero-order chi connectivity index (χ0) is 19.6. The van der Waals surface area contributed by atoms with Crippen molar-refractivity contribution in [1.29, 1.82) is 0 Å². The summed E-state index contributed by atoms with van der Waals surface area (Å²) in [6.07, 6.45) is 1.07. The van der Waals surface area contributed by atoms with Crippen LogP contribution in [0.3, 0.4) is 0 Å². The van der Waals surface area contributed by atoms with Crippen LogP contribution in [0.4, 0.5) is 5.69 Å². The van der Waals surface area contributed by atoms with Gasteiger partial charge in [0, 0.05) is 42.6 Å². The van der Waals surface area contributed by atoms with E-state index in [1.165, 1.54) is 4.90 Å². The van der Waals surface area contributed by atoms with Crippen molar-refractivity contribution in [2.45, 2.75) is 44.7 Å². The Hall–Kier alpha value is -3.23. The highest BCUT2D eigenvalue weighted by Gasteiger charge is 2.39. The minimum atomic E-state index is -0.707. The molecule has 0 aromatic heterocycles. The second-order valence-electron chi connectivity index (χ2n) is 6.60. The first-order valence-corrected chi connectivity index (χ1v) is 8.71. The molecule has 0 radical (unpaired) electrons. The zero-order valence-electron chi connectivity index (χ0n) is 14.6. The number of hydrogen-bond acceptors (Lipinski definition) is 5. The summed E-state index contributed by atoms with van der Waals surface area (Å²) in [7, 11) is 0. The van der Waals surface area contributed by atoms with E-state index in [0.29, 0.717) is 23.2 Å². The second kappa shape index (κ2) is 7.56. The van der Waals surface area contributed by atoms with Gasteiger partial charge in [-0.25, -0.2) is 0 Å². The molecule has 9 nitrogen and oxygen atoms in total. The molecule has 27 heavy (non-hydrogen) atoms. The quantitative estimate of drug-likeness (QED) is 0.605. The number of carbonyl (C=O) groups excluding carboxylic acids is 5. The van der Waals surface area contributed by atoms with Crippen molar-refractivity contribution in [3.63, 3.8) is 0 Å². The Kier molecular flexibility index (Phi) is 5.20. The predicted octanol–water partition coefficient (Wildman–Crippen LogP) is 0.0417. The summed E-state index contributed by atoms with van der Waals surface area (Å²) in [5, 5.41) is 5.01. The van der Waals surface area contributed by atoms with Crippen molar-refractivity contribution in [3.8, 4) is 0 Å². The van der Waals surface area contributed by atoms with E-state index in [-0.39, 0.29) is 49.9 Å². The zero-order valence-corrected chi connectivity index (χ0v) is 14.6. The summed E-state index contributed by atoms with van der Waals surface area (Å²) in [6, 6.07) is 4.28. The van der Waals surface area contributed by atoms with E-state index in [4.69, 9.17) is 5.73 Å². The van der Waals surface area contributed by atoms with Gasteiger partial charge in [0.15, 0.2) is 0 Å². The Balaban J connectivity index is 1.72. The Morgan fingerprint density at radius 3 is 2.70 bits per heavy atom. The van der Waals surface area contributed by atoms with Crippen LogP contribution in [-0.2, 0) is 25.7 Å². The molecule has 1 fully saturated rings. The number of nitrogens with one attached hydrogen (secondary N) is 2. The van der Waals surface area contributed by atoms with Gasteiger partial charge in [-0.05, 0) is 25.0 Å². The number of anilines is 1. The number of carbonyl (C=O) groups is 5. The van der Waals surface area contributed by atoms with Crippen LogP contribution in [0.2, 0.25) is 0 Å². The third-order valence-corrected chi connectivity index (χ3v) is 4.68. The normalized spacial score (nSPS) is 18.9. The van der Waals surface area contributed by atoms with Gasteiger partial charge < -0.3 is 16.0 Å². The lowest BCUT2D eigenvalue weighted by Gasteiger charge is -2.29. The highest BCUT2D eigenvalue weighted by atomic mass is 16.2. The molecule has 3 rings (SSSR count). The lowest BCUT2D eigenvalue weighted by atomic mass is 10.0. The molecular weight excluding hydrogens is 352 g/mol. The summed E-state index contributed by atoms with van der Waals surface area (Å²) in [5.74, 6) is -1.87. The van der Waals surface area contributed by atoms with Crippen molar-refractivity contribution < 1.29 is 24.0 Å². The minimum Gasteiger partial charge on any atom is -0.370 e. The first kappa shape index (κ1) is 18.6. The van der Waals surface area contributed by atoms with Gasteiger partial charge in [-0.1, -0.05) is 6.07 Å². The maximum absolute atomic E-state index is 12.7. The molecule has 5 amide bonds. The number of nitrogens with zero attached hydrogens (tertiary/aromatic N) is 1. The van der Waals surface area contributed by atoms with E-state index in [1.54, 1.807) is 18.2 Å². The van der Waals surface area contributed by atoms with E-state index >= 15 is 0 Å². The van der Waals surface area contributed by atoms with Crippen molar-refractivity contribution in [1.82, 2.24) is 10.2 Å². The van der Waals surface area contributed by atoms with Crippen LogP contribution in [0.25, 0.3) is 0 Å². The number of rotatable bonds is 6. The Bertz CT molecular complexity index is 835. The summed E-state index contributed by atoms with van der Waals surface area (Å²) in [4.78, 5) is 60.4. The summed E-state index contributed by atoms with van der Waals surface area (Å²) in [5.41, 5.74) is 6.62. The molecular formula is C18H20N4O5. The number of amides is 5. The topological polar surface area (TPSA) is 139 Å². The monoisotopic (exact) mass is 372 g/mol. The first-order valence-electron chi connectivity index (χ1n) is 8.71. The number of primary amides is 1. The van der Waals surface area contributed by atoms with Crippen LogP contribution >= 0.6 is 0 Å². The summed E-state index contributed by atoms with van der Waals surface area (Å²) < 4.78 is 0. The molecule has 0 aliphatic carbocycles. The molecule has 142 valence electrons. The van der Waals surface area contributed by atoms with Crippen molar-refractivity contribution >= 4 is 35.2 Å². The molecule has 1 aromatic carbocycles. The van der Waals surface area contributed by atoms with Gasteiger partial charge in [-0.3, -0.25) is 29.3 Å². The molecule has 1 saturated heterocycles. The Morgan fingerprint density at radius 2 is 2.00 bits per heavy atom. The molecule has 2 aliphatic rings. The SMILES string of the molecule is NC(=O)CCCC(=O)Nc1cccc2c1CN(C1CCC(=O)NC1=O)C2=O. The largest absolute Gasteiger partial charge is 0.370 e. The van der Waals surface area contributed by atoms with Crippen molar-refractivity contribution in [2.24, 2.45) is 5.73 Å². The predicted molar refractivity (Wildman–Crippen MR) is 94.2 cm³/mol. The third kappa shape index (κ3) is 3.97. The number of fused-ring (bicyclic) bond motifs is 1. The standard InChI is InChI=1S/C18H20N4O5/c19-14(23)5-2-6-15(24)20-12-4-1-3-10-11(12)9-22(18(10)27)13-7-8-16(25)21-17(13)26/h1,3-4,13H,2,5-9H2,(H2,19,23)(H,20,24)(H,21,25,26). The first-order chi connectivity index (χ1) is 12.9. The maximum Gasteiger partial charge on any atom is 0.255 e. The average Bonchev–Trinajstić information content (AvgIpc) is 2.93. The molecule has 0 saturated carbocycles. The van der Waals surface area contributed by atoms with Gasteiger partial charge in [0.1, 0.15) is 6.04 Å². The van der Waals surface area contributed by atoms with Gasteiger partial charge in [0.25, 0.3) is 5.91 Å². The molecule has 1 aromatic rings. The van der Waals surface area contributed by atoms with Crippen LogP contribution in [0.1, 0.15) is 48.0 Å². The van der Waals surface area contributed by atoms with Crippen LogP contribution in [-0.4, -0.2) is 40.5 Å². The van der Waals surface area contributed by atoms with Gasteiger partial charge in [0.05, 0.1) is 0 Å². The summed E-state index contributed by atoms with van der Waals surface area (Å²) in [6.45, 7) is 0.179. The van der Waals surface area contributed by atoms with Crippen LogP contribution in [0, 0.1) is 0 Å². The number of nitrogens with two attached hydrogens (primary N) is 1. The highest BCUT2D eigenvalue weighted by Crippen LogP contribution is 2.32. The second-order valence-corrected chi connectivity index (χ2v) is 6.60. The molecule has 0 bridgehead atoms. The van der Waals surface area contributed by atoms with Crippen LogP contribution < -0.4 is 16.4 Å². The van der Waals surface area contributed by atoms with Gasteiger partial charge in [-0.15, -0.1) is 0 Å². The average molecular weight is 372 g/mol. The molecule has 2 aliphatic heterocycles. The molecule has 4 N–H and O–H groups in total. The fourth-order valence-corrected chi connectivity index (χ4v) is 3.34. The lowest BCUT2D eigenvalue weighted by molar-refractivity contribution is -0.137. The third-order valence-electron chi connectivity index (χ3n) is 4.68. The van der Waals surface area contributed by atoms with Crippen molar-refractivity contribution in [3.05, 3.63) is 29.3 Å². The van der Waals surface area contributed by atoms with Gasteiger partial charge in [0.2, 0.25) is 23.6 Å². The van der Waals surface area contributed by atoms with Crippen LogP contribution in [0.15, 0.2) is 18.2 Å². The number of imide groups is 1. The Morgan fingerprint density at radius 1 is 1.22 bits per heavy atom. The van der Waals surface area contributed by atoms with E-state index in [2.05, 4.69) is 10.6 Å². The van der Waals surface area contributed by atoms with E-state index in [9.17, 15) is 24.0 Å². The van der Waals surface area contributed by atoms with E-state index in [1.807, 2.05) is 0 Å². The molecule has 9 heteroatoms. The molecule has 2 heterocycles. The molecule has 1 atom stereocenters. The van der Waals surface area contributed by atoms with Crippen molar-refractivity contribution in [2.75, 3.05) is 5.32 Å². The Labute approximate surface area is 155 Å². The lowest BCUT2D eigenvalue weighted by Crippen LogP contribution is -2.52. The van der Waals surface area contributed by atoms with E-state index in [0.717, 1.165) is 0 Å². The molecule has 1 unspecified atom stereocenters. The number of piperidine rings is 1. The van der Waals surface area contributed by atoms with Gasteiger partial charge >= 0.3 is 0 Å². The number of benzene rings is 1.